The summed E-state index contributed by atoms with van der Waals surface area (Å²) in [5, 5.41) is 8.94. The number of nitrogens with two attached hydrogens (primary N) is 1. The zero-order valence-electron chi connectivity index (χ0n) is 10.2. The van der Waals surface area contributed by atoms with Gasteiger partial charge in [-0.2, -0.15) is 5.26 Å². The van der Waals surface area contributed by atoms with Crippen molar-refractivity contribution in [1.29, 1.82) is 5.26 Å². The molecule has 0 amide bonds. The molecule has 1 aromatic heterocycles. The molecule has 1 aliphatic heterocycles. The van der Waals surface area contributed by atoms with Crippen LogP contribution in [0, 0.1) is 11.3 Å². The lowest BCUT2D eigenvalue weighted by Gasteiger charge is -2.22. The van der Waals surface area contributed by atoms with Gasteiger partial charge in [0, 0.05) is 25.3 Å². The number of hydrogen-bond acceptors (Lipinski definition) is 5. The van der Waals surface area contributed by atoms with Gasteiger partial charge in [-0.1, -0.05) is 0 Å². The van der Waals surface area contributed by atoms with Crippen molar-refractivity contribution in [2.75, 3.05) is 37.8 Å². The van der Waals surface area contributed by atoms with Gasteiger partial charge >= 0.3 is 0 Å². The molecule has 0 bridgehead atoms. The molecule has 5 nitrogen and oxygen atoms in total. The van der Waals surface area contributed by atoms with Crippen LogP contribution in [0.1, 0.15) is 12.0 Å². The van der Waals surface area contributed by atoms with E-state index in [1.165, 1.54) is 0 Å². The normalized spacial score (nSPS) is 19.6. The van der Waals surface area contributed by atoms with E-state index in [2.05, 4.69) is 34.9 Å². The number of aromatic nitrogens is 1. The van der Waals surface area contributed by atoms with Crippen LogP contribution in [-0.2, 0) is 0 Å². The maximum atomic E-state index is 8.94. The molecule has 1 aromatic rings. The maximum Gasteiger partial charge on any atom is 0.153 e. The Labute approximate surface area is 101 Å². The van der Waals surface area contributed by atoms with Gasteiger partial charge in [0.2, 0.25) is 0 Å². The number of pyridine rings is 1. The van der Waals surface area contributed by atoms with E-state index in [0.717, 1.165) is 25.3 Å². The van der Waals surface area contributed by atoms with Gasteiger partial charge < -0.3 is 15.5 Å². The molecular weight excluding hydrogens is 214 g/mol. The Morgan fingerprint density at radius 2 is 2.35 bits per heavy atom. The first-order chi connectivity index (χ1) is 8.13. The first-order valence-electron chi connectivity index (χ1n) is 5.69. The summed E-state index contributed by atoms with van der Waals surface area (Å²) in [4.78, 5) is 8.66. The van der Waals surface area contributed by atoms with Crippen LogP contribution in [0.3, 0.4) is 0 Å². The SMILES string of the molecule is CN(C)C1CCN(c2nccc(C#N)c2N)C1. The summed E-state index contributed by atoms with van der Waals surface area (Å²) in [5.41, 5.74) is 6.95. The molecule has 1 aliphatic rings. The predicted molar refractivity (Wildman–Crippen MR) is 67.7 cm³/mol. The van der Waals surface area contributed by atoms with Crippen molar-refractivity contribution < 1.29 is 0 Å². The molecule has 90 valence electrons. The van der Waals surface area contributed by atoms with Crippen molar-refractivity contribution in [2.24, 2.45) is 0 Å². The number of nitriles is 1. The van der Waals surface area contributed by atoms with Crippen LogP contribution in [0.4, 0.5) is 11.5 Å². The van der Waals surface area contributed by atoms with E-state index in [1.807, 2.05) is 0 Å². The highest BCUT2D eigenvalue weighted by Gasteiger charge is 2.26. The molecule has 2 N–H and O–H groups in total. The predicted octanol–water partition coefficient (Wildman–Crippen LogP) is 0.676. The van der Waals surface area contributed by atoms with Crippen molar-refractivity contribution in [2.45, 2.75) is 12.5 Å². The fraction of sp³-hybridized carbons (Fsp3) is 0.500. The van der Waals surface area contributed by atoms with Gasteiger partial charge in [0.05, 0.1) is 11.3 Å². The topological polar surface area (TPSA) is 69.2 Å². The summed E-state index contributed by atoms with van der Waals surface area (Å²) in [5.74, 6) is 0.744. The lowest BCUT2D eigenvalue weighted by Crippen LogP contribution is -2.32. The van der Waals surface area contributed by atoms with Crippen LogP contribution in [0.25, 0.3) is 0 Å². The summed E-state index contributed by atoms with van der Waals surface area (Å²) >= 11 is 0. The number of nitrogens with zero attached hydrogens (tertiary/aromatic N) is 4. The maximum absolute atomic E-state index is 8.94. The van der Waals surface area contributed by atoms with Crippen molar-refractivity contribution in [3.05, 3.63) is 17.8 Å². The number of nitrogen functional groups attached to an aromatic ring is 1. The average Bonchev–Trinajstić information content (AvgIpc) is 2.78. The smallest absolute Gasteiger partial charge is 0.153 e. The highest BCUT2D eigenvalue weighted by atomic mass is 15.3. The zero-order chi connectivity index (χ0) is 12.4. The van der Waals surface area contributed by atoms with Crippen molar-refractivity contribution in [3.8, 4) is 6.07 Å². The average molecular weight is 231 g/mol. The minimum absolute atomic E-state index is 0.495. The number of hydrogen-bond donors (Lipinski definition) is 1. The summed E-state index contributed by atoms with van der Waals surface area (Å²) in [7, 11) is 4.16. The quantitative estimate of drug-likeness (QED) is 0.810. The Hall–Kier alpha value is -1.80. The largest absolute Gasteiger partial charge is 0.395 e. The number of rotatable bonds is 2. The van der Waals surface area contributed by atoms with Crippen LogP contribution in [0.2, 0.25) is 0 Å². The lowest BCUT2D eigenvalue weighted by molar-refractivity contribution is 0.315. The van der Waals surface area contributed by atoms with Crippen LogP contribution in [-0.4, -0.2) is 43.1 Å². The van der Waals surface area contributed by atoms with Gasteiger partial charge in [-0.25, -0.2) is 4.98 Å². The van der Waals surface area contributed by atoms with Gasteiger partial charge in [-0.3, -0.25) is 0 Å². The van der Waals surface area contributed by atoms with Gasteiger partial charge in [-0.05, 0) is 26.6 Å². The van der Waals surface area contributed by atoms with E-state index >= 15 is 0 Å². The van der Waals surface area contributed by atoms with Crippen LogP contribution >= 0.6 is 0 Å². The minimum Gasteiger partial charge on any atom is -0.395 e. The summed E-state index contributed by atoms with van der Waals surface area (Å²) in [6.07, 6.45) is 2.75. The van der Waals surface area contributed by atoms with Crippen LogP contribution in [0.15, 0.2) is 12.3 Å². The molecule has 1 atom stereocenters. The standard InChI is InChI=1S/C12H17N5/c1-16(2)10-4-6-17(8-10)12-11(14)9(7-13)3-5-15-12/h3,5,10H,4,6,8,14H2,1-2H3. The highest BCUT2D eigenvalue weighted by molar-refractivity contribution is 5.70. The van der Waals surface area contributed by atoms with E-state index in [0.29, 0.717) is 17.3 Å². The molecular formula is C12H17N5. The summed E-state index contributed by atoms with van der Waals surface area (Å²) in [6, 6.07) is 4.27. The van der Waals surface area contributed by atoms with Gasteiger partial charge in [0.25, 0.3) is 0 Å². The zero-order valence-corrected chi connectivity index (χ0v) is 10.2. The third kappa shape index (κ3) is 2.17. The third-order valence-corrected chi connectivity index (χ3v) is 3.28. The summed E-state index contributed by atoms with van der Waals surface area (Å²) in [6.45, 7) is 1.86. The Morgan fingerprint density at radius 3 is 2.94 bits per heavy atom. The first-order valence-corrected chi connectivity index (χ1v) is 5.69. The first kappa shape index (κ1) is 11.7. The monoisotopic (exact) mass is 231 g/mol. The number of likely N-dealkylation sites (N-methyl/N-ethyl adjacent to an activating group) is 1. The molecule has 1 fully saturated rings. The molecule has 0 radical (unpaired) electrons. The Bertz CT molecular complexity index is 449. The molecule has 2 rings (SSSR count). The molecule has 1 saturated heterocycles. The highest BCUT2D eigenvalue weighted by Crippen LogP contribution is 2.27. The molecule has 0 aromatic carbocycles. The van der Waals surface area contributed by atoms with E-state index in [-0.39, 0.29) is 0 Å². The third-order valence-electron chi connectivity index (χ3n) is 3.28. The second-order valence-electron chi connectivity index (χ2n) is 4.56. The molecule has 0 aliphatic carbocycles. The van der Waals surface area contributed by atoms with Gasteiger partial charge in [-0.15, -0.1) is 0 Å². The molecule has 0 saturated carbocycles. The Kier molecular flexibility index (Phi) is 3.16. The lowest BCUT2D eigenvalue weighted by atomic mass is 10.2. The molecule has 17 heavy (non-hydrogen) atoms. The van der Waals surface area contributed by atoms with Crippen molar-refractivity contribution in [1.82, 2.24) is 9.88 Å². The van der Waals surface area contributed by atoms with E-state index in [9.17, 15) is 0 Å². The van der Waals surface area contributed by atoms with Gasteiger partial charge in [0.15, 0.2) is 5.82 Å². The second kappa shape index (κ2) is 4.60. The Morgan fingerprint density at radius 1 is 1.59 bits per heavy atom. The minimum atomic E-state index is 0.495. The van der Waals surface area contributed by atoms with Gasteiger partial charge in [0.1, 0.15) is 6.07 Å². The second-order valence-corrected chi connectivity index (χ2v) is 4.56. The van der Waals surface area contributed by atoms with E-state index in [4.69, 9.17) is 11.0 Å². The van der Waals surface area contributed by atoms with E-state index < -0.39 is 0 Å². The van der Waals surface area contributed by atoms with Crippen molar-refractivity contribution >= 4 is 11.5 Å². The van der Waals surface area contributed by atoms with Crippen molar-refractivity contribution in [3.63, 3.8) is 0 Å². The van der Waals surface area contributed by atoms with Crippen LogP contribution < -0.4 is 10.6 Å². The summed E-state index contributed by atoms with van der Waals surface area (Å²) < 4.78 is 0. The number of anilines is 2. The fourth-order valence-electron chi connectivity index (χ4n) is 2.17. The van der Waals surface area contributed by atoms with E-state index in [1.54, 1.807) is 12.3 Å². The molecule has 2 heterocycles. The van der Waals surface area contributed by atoms with Crippen LogP contribution in [0.5, 0.6) is 0 Å². The fourth-order valence-corrected chi connectivity index (χ4v) is 2.17. The molecule has 0 spiro atoms. The molecule has 1 unspecified atom stereocenters. The molecule has 5 heteroatoms. The Balaban J connectivity index is 2.23.